The van der Waals surface area contributed by atoms with Gasteiger partial charge in [-0.3, -0.25) is 4.79 Å². The maximum atomic E-state index is 12.5. The number of hydrogen-bond donors (Lipinski definition) is 1. The third kappa shape index (κ3) is 16.6. The fraction of sp³-hybridized carbons (Fsp3) is 0.804. The van der Waals surface area contributed by atoms with E-state index < -0.39 is 19.8 Å². The number of aliphatic hydroxyl groups excluding tert-OH is 1. The molecule has 1 aliphatic heterocycles. The topological polar surface area (TPSA) is 111 Å². The van der Waals surface area contributed by atoms with Crippen molar-refractivity contribution < 1.29 is 47.5 Å². The van der Waals surface area contributed by atoms with E-state index in [1.165, 1.54) is 0 Å². The smallest absolute Gasteiger partial charge is 0.311 e. The van der Waals surface area contributed by atoms with Gasteiger partial charge in [0.05, 0.1) is 69.5 Å². The molecule has 0 amide bonds. The summed E-state index contributed by atoms with van der Waals surface area (Å²) >= 11 is 0. The summed E-state index contributed by atoms with van der Waals surface area (Å²) in [5.74, 6) is 0.332. The van der Waals surface area contributed by atoms with E-state index in [9.17, 15) is 9.90 Å². The van der Waals surface area contributed by atoms with Gasteiger partial charge in [-0.25, -0.2) is 0 Å². The Morgan fingerprint density at radius 2 is 1.47 bits per heavy atom. The molecule has 0 saturated carbocycles. The van der Waals surface area contributed by atoms with Crippen LogP contribution in [0.5, 0.6) is 5.75 Å². The molecule has 1 unspecified atom stereocenters. The Bertz CT molecular complexity index is 1320. The molecule has 0 bridgehead atoms. The fourth-order valence-corrected chi connectivity index (χ4v) is 8.25. The second-order valence-electron chi connectivity index (χ2n) is 19.9. The quantitative estimate of drug-likeness (QED) is 0.0651. The zero-order valence-electron chi connectivity index (χ0n) is 38.8. The first-order valence-electron chi connectivity index (χ1n) is 21.1. The number of rotatable bonds is 23. The second-order valence-corrected chi connectivity index (χ2v) is 24.6. The second kappa shape index (κ2) is 22.7. The van der Waals surface area contributed by atoms with E-state index in [4.69, 9.17) is 37.6 Å². The molecule has 1 aromatic rings. The first-order chi connectivity index (χ1) is 26.3. The van der Waals surface area contributed by atoms with Gasteiger partial charge in [0.1, 0.15) is 5.75 Å². The summed E-state index contributed by atoms with van der Waals surface area (Å²) in [6, 6.07) is 7.87. The molecule has 1 aliphatic rings. The summed E-state index contributed by atoms with van der Waals surface area (Å²) < 4.78 is 49.1. The molecule has 0 aromatic heterocycles. The minimum atomic E-state index is -2.21. The van der Waals surface area contributed by atoms with E-state index >= 15 is 0 Å². The van der Waals surface area contributed by atoms with Gasteiger partial charge in [0.15, 0.2) is 14.6 Å². The van der Waals surface area contributed by atoms with Crippen LogP contribution in [-0.4, -0.2) is 97.4 Å². The standard InChI is InChI=1S/C46H82O10Si/c1-31(39(51-15)27-40(56-57(16,17)45(8,9)10)34(4)38(50-14)24-25-52-43(48)44(5,6)7)18-23-37(47)33(3)42(53-28-35-19-21-36(49-13)22-20-35)32(2)26-41-54-29-46(11,12)30-55-41/h18-23,31-34,37-42,47H,24-30H2,1-17H3/b23-18+/t31-,32+,33-,34+,37?,38-,39-,40-,42+/m0/s1. The average Bonchev–Trinajstić information content (AvgIpc) is 3.13. The summed E-state index contributed by atoms with van der Waals surface area (Å²) in [5, 5.41) is 11.7. The molecule has 0 aliphatic carbocycles. The van der Waals surface area contributed by atoms with E-state index in [0.717, 1.165) is 11.3 Å². The number of benzene rings is 1. The molecule has 1 N–H and O–H groups in total. The molecule has 1 fully saturated rings. The molecule has 10 nitrogen and oxygen atoms in total. The van der Waals surface area contributed by atoms with Gasteiger partial charge >= 0.3 is 5.97 Å². The third-order valence-electron chi connectivity index (χ3n) is 12.0. The highest BCUT2D eigenvalue weighted by atomic mass is 28.4. The number of hydrogen-bond acceptors (Lipinski definition) is 10. The van der Waals surface area contributed by atoms with Crippen LogP contribution in [0.2, 0.25) is 18.1 Å². The number of ether oxygens (including phenoxy) is 7. The molecule has 1 aromatic carbocycles. The van der Waals surface area contributed by atoms with E-state index in [1.807, 2.05) is 58.0 Å². The van der Waals surface area contributed by atoms with E-state index in [-0.39, 0.29) is 77.4 Å². The first-order valence-corrected chi connectivity index (χ1v) is 24.0. The number of aliphatic hydroxyl groups is 1. The molecule has 1 saturated heterocycles. The Labute approximate surface area is 348 Å². The van der Waals surface area contributed by atoms with Crippen LogP contribution in [0.4, 0.5) is 0 Å². The van der Waals surface area contributed by atoms with Gasteiger partial charge in [-0.05, 0) is 68.9 Å². The van der Waals surface area contributed by atoms with E-state index in [1.54, 1.807) is 21.3 Å². The van der Waals surface area contributed by atoms with Crippen LogP contribution in [0, 0.1) is 34.5 Å². The summed E-state index contributed by atoms with van der Waals surface area (Å²) in [5.41, 5.74) is 0.444. The largest absolute Gasteiger partial charge is 0.497 e. The van der Waals surface area contributed by atoms with Crippen molar-refractivity contribution in [1.29, 1.82) is 0 Å². The highest BCUT2D eigenvalue weighted by molar-refractivity contribution is 6.74. The van der Waals surface area contributed by atoms with Gasteiger partial charge in [0, 0.05) is 50.2 Å². The fourth-order valence-electron chi connectivity index (χ4n) is 6.83. The van der Waals surface area contributed by atoms with Gasteiger partial charge < -0.3 is 42.7 Å². The van der Waals surface area contributed by atoms with Crippen molar-refractivity contribution in [1.82, 2.24) is 0 Å². The number of carbonyl (C=O) groups excluding carboxylic acids is 1. The van der Waals surface area contributed by atoms with E-state index in [0.29, 0.717) is 39.1 Å². The Balaban J connectivity index is 2.27. The van der Waals surface area contributed by atoms with E-state index in [2.05, 4.69) is 74.6 Å². The molecule has 11 heteroatoms. The molecular weight excluding hydrogens is 741 g/mol. The lowest BCUT2D eigenvalue weighted by Crippen LogP contribution is -2.48. The normalized spacial score (nSPS) is 20.6. The van der Waals surface area contributed by atoms with Crippen molar-refractivity contribution in [2.24, 2.45) is 34.5 Å². The summed E-state index contributed by atoms with van der Waals surface area (Å²) in [6.07, 6.45) is 3.87. The molecule has 2 rings (SSSR count). The lowest BCUT2D eigenvalue weighted by molar-refractivity contribution is -0.232. The maximum absolute atomic E-state index is 12.5. The van der Waals surface area contributed by atoms with Crippen molar-refractivity contribution in [2.75, 3.05) is 41.2 Å². The summed E-state index contributed by atoms with van der Waals surface area (Å²) in [6.45, 7) is 31.5. The molecule has 330 valence electrons. The average molecular weight is 823 g/mol. The molecular formula is C46H82O10Si. The van der Waals surface area contributed by atoms with Crippen LogP contribution in [0.25, 0.3) is 0 Å². The summed E-state index contributed by atoms with van der Waals surface area (Å²) in [7, 11) is 2.90. The zero-order valence-corrected chi connectivity index (χ0v) is 39.8. The predicted molar refractivity (Wildman–Crippen MR) is 231 cm³/mol. The van der Waals surface area contributed by atoms with Crippen LogP contribution >= 0.6 is 0 Å². The van der Waals surface area contributed by atoms with Gasteiger partial charge in [0.2, 0.25) is 0 Å². The monoisotopic (exact) mass is 823 g/mol. The predicted octanol–water partition coefficient (Wildman–Crippen LogP) is 9.62. The maximum Gasteiger partial charge on any atom is 0.311 e. The summed E-state index contributed by atoms with van der Waals surface area (Å²) in [4.78, 5) is 12.5. The SMILES string of the molecule is COc1ccc(CO[C@H]([C@H](C)CC2OCC(C)(C)CO2)[C@@H](C)C(O)/C=C/[C@H](C)[C@H](C[C@H](O[Si](C)(C)C(C)(C)C)[C@H](C)[C@H](CCOC(=O)C(C)(C)C)OC)OC)cc1. The van der Waals surface area contributed by atoms with Crippen molar-refractivity contribution in [3.05, 3.63) is 42.0 Å². The molecule has 0 spiro atoms. The lowest BCUT2D eigenvalue weighted by Gasteiger charge is -2.43. The van der Waals surface area contributed by atoms with Crippen LogP contribution in [0.1, 0.15) is 108 Å². The van der Waals surface area contributed by atoms with Crippen LogP contribution in [-0.2, 0) is 44.2 Å². The Morgan fingerprint density at radius 1 is 0.895 bits per heavy atom. The zero-order chi connectivity index (χ0) is 43.4. The Hall–Kier alpha value is -1.83. The lowest BCUT2D eigenvalue weighted by atomic mass is 9.85. The minimum Gasteiger partial charge on any atom is -0.497 e. The van der Waals surface area contributed by atoms with Crippen molar-refractivity contribution in [2.45, 2.75) is 164 Å². The molecule has 1 heterocycles. The van der Waals surface area contributed by atoms with Crippen LogP contribution < -0.4 is 4.74 Å². The molecule has 9 atom stereocenters. The van der Waals surface area contributed by atoms with Crippen molar-refractivity contribution >= 4 is 14.3 Å². The first kappa shape index (κ1) is 51.3. The molecule has 57 heavy (non-hydrogen) atoms. The Morgan fingerprint density at radius 3 is 1.98 bits per heavy atom. The minimum absolute atomic E-state index is 0.000931. The third-order valence-corrected chi connectivity index (χ3v) is 16.5. The van der Waals surface area contributed by atoms with Gasteiger partial charge in [-0.15, -0.1) is 0 Å². The number of methoxy groups -OCH3 is 3. The van der Waals surface area contributed by atoms with Gasteiger partial charge in [-0.2, -0.15) is 0 Å². The van der Waals surface area contributed by atoms with Gasteiger partial charge in [0.25, 0.3) is 0 Å². The number of esters is 1. The molecule has 0 radical (unpaired) electrons. The highest BCUT2D eigenvalue weighted by Crippen LogP contribution is 2.40. The Kier molecular flexibility index (Phi) is 20.4. The highest BCUT2D eigenvalue weighted by Gasteiger charge is 2.42. The van der Waals surface area contributed by atoms with Gasteiger partial charge in [-0.1, -0.05) is 86.6 Å². The van der Waals surface area contributed by atoms with Crippen molar-refractivity contribution in [3.8, 4) is 5.75 Å². The van der Waals surface area contributed by atoms with Crippen LogP contribution in [0.3, 0.4) is 0 Å². The number of carbonyl (C=O) groups is 1. The van der Waals surface area contributed by atoms with Crippen molar-refractivity contribution in [3.63, 3.8) is 0 Å². The van der Waals surface area contributed by atoms with Crippen LogP contribution in [0.15, 0.2) is 36.4 Å².